The Hall–Kier alpha value is -3.34. The maximum absolute atomic E-state index is 13.1. The summed E-state index contributed by atoms with van der Waals surface area (Å²) in [5.74, 6) is -1.35. The van der Waals surface area contributed by atoms with Crippen LogP contribution >= 0.6 is 11.3 Å². The summed E-state index contributed by atoms with van der Waals surface area (Å²) in [6, 6.07) is 8.80. The number of carbonyl (C=O) groups excluding carboxylic acids is 2. The fourth-order valence-electron chi connectivity index (χ4n) is 3.42. The highest BCUT2D eigenvalue weighted by molar-refractivity contribution is 7.18. The lowest BCUT2D eigenvalue weighted by Gasteiger charge is -2.23. The first-order chi connectivity index (χ1) is 15.2. The molecule has 1 fully saturated rings. The second-order valence-corrected chi connectivity index (χ2v) is 8.12. The number of carbonyl (C=O) groups is 2. The molecule has 1 aliphatic rings. The summed E-state index contributed by atoms with van der Waals surface area (Å²) >= 11 is 1.10. The Kier molecular flexibility index (Phi) is 5.92. The molecule has 2 heterocycles. The first-order valence-electron chi connectivity index (χ1n) is 9.61. The fraction of sp³-hybridized carbons (Fsp3) is 0.238. The van der Waals surface area contributed by atoms with E-state index in [0.717, 1.165) is 35.6 Å². The van der Waals surface area contributed by atoms with Crippen LogP contribution in [0.25, 0.3) is 10.6 Å². The van der Waals surface area contributed by atoms with Gasteiger partial charge in [0, 0.05) is 17.7 Å². The van der Waals surface area contributed by atoms with E-state index >= 15 is 0 Å². The SMILES string of the molecule is O=C(Nc1nnc(-c2ccc(F)cc2)s1)C1CCCN1C(=O)c1ccc(C(F)(F)F)cc1. The Labute approximate surface area is 183 Å². The molecular formula is C21H16F4N4O2S. The molecule has 0 bridgehead atoms. The molecule has 32 heavy (non-hydrogen) atoms. The monoisotopic (exact) mass is 464 g/mol. The van der Waals surface area contributed by atoms with E-state index in [0.29, 0.717) is 30.0 Å². The molecule has 4 rings (SSSR count). The van der Waals surface area contributed by atoms with Crippen LogP contribution in [0.4, 0.5) is 22.7 Å². The lowest BCUT2D eigenvalue weighted by Crippen LogP contribution is -2.43. The molecule has 1 unspecified atom stereocenters. The molecule has 1 atom stereocenters. The number of hydrogen-bond acceptors (Lipinski definition) is 5. The van der Waals surface area contributed by atoms with Crippen molar-refractivity contribution in [3.8, 4) is 10.6 Å². The number of alkyl halides is 3. The number of likely N-dealkylation sites (tertiary alicyclic amines) is 1. The van der Waals surface area contributed by atoms with Crippen LogP contribution in [-0.2, 0) is 11.0 Å². The van der Waals surface area contributed by atoms with Gasteiger partial charge in [0.1, 0.15) is 16.9 Å². The zero-order valence-corrected chi connectivity index (χ0v) is 17.2. The summed E-state index contributed by atoms with van der Waals surface area (Å²) in [4.78, 5) is 26.9. The van der Waals surface area contributed by atoms with E-state index in [4.69, 9.17) is 0 Å². The standard InChI is InChI=1S/C21H16F4N4O2S/c22-15-9-5-12(6-10-15)18-27-28-20(32-18)26-17(30)16-2-1-11-29(16)19(31)13-3-7-14(8-4-13)21(23,24)25/h3-10,16H,1-2,11H2,(H,26,28,30). The number of aromatic nitrogens is 2. The van der Waals surface area contributed by atoms with Crippen molar-refractivity contribution in [3.63, 3.8) is 0 Å². The van der Waals surface area contributed by atoms with Crippen molar-refractivity contribution in [1.82, 2.24) is 15.1 Å². The summed E-state index contributed by atoms with van der Waals surface area (Å²) in [5, 5.41) is 11.3. The van der Waals surface area contributed by atoms with Gasteiger partial charge in [-0.3, -0.25) is 14.9 Å². The number of benzene rings is 2. The van der Waals surface area contributed by atoms with Crippen LogP contribution < -0.4 is 5.32 Å². The van der Waals surface area contributed by atoms with Crippen LogP contribution in [0.15, 0.2) is 48.5 Å². The summed E-state index contributed by atoms with van der Waals surface area (Å²) in [5.41, 5.74) is -0.130. The largest absolute Gasteiger partial charge is 0.416 e. The predicted molar refractivity (Wildman–Crippen MR) is 109 cm³/mol. The van der Waals surface area contributed by atoms with E-state index in [1.165, 1.54) is 17.0 Å². The van der Waals surface area contributed by atoms with E-state index in [1.807, 2.05) is 0 Å². The zero-order chi connectivity index (χ0) is 22.9. The van der Waals surface area contributed by atoms with E-state index in [2.05, 4.69) is 15.5 Å². The molecule has 0 radical (unpaired) electrons. The number of nitrogens with one attached hydrogen (secondary N) is 1. The quantitative estimate of drug-likeness (QED) is 0.573. The van der Waals surface area contributed by atoms with E-state index in [9.17, 15) is 27.2 Å². The number of halogens is 4. The highest BCUT2D eigenvalue weighted by Crippen LogP contribution is 2.30. The van der Waals surface area contributed by atoms with Crippen molar-refractivity contribution < 1.29 is 27.2 Å². The average Bonchev–Trinajstić information content (AvgIpc) is 3.43. The first-order valence-corrected chi connectivity index (χ1v) is 10.4. The van der Waals surface area contributed by atoms with Gasteiger partial charge < -0.3 is 4.90 Å². The molecule has 1 aliphatic heterocycles. The summed E-state index contributed by atoms with van der Waals surface area (Å²) in [6.45, 7) is 0.314. The van der Waals surface area contributed by atoms with Crippen molar-refractivity contribution in [2.24, 2.45) is 0 Å². The van der Waals surface area contributed by atoms with Crippen molar-refractivity contribution in [3.05, 3.63) is 65.5 Å². The lowest BCUT2D eigenvalue weighted by molar-refractivity contribution is -0.137. The van der Waals surface area contributed by atoms with Gasteiger partial charge in [0.05, 0.1) is 5.56 Å². The lowest BCUT2D eigenvalue weighted by atomic mass is 10.1. The van der Waals surface area contributed by atoms with Gasteiger partial charge in [-0.2, -0.15) is 13.2 Å². The Morgan fingerprint density at radius 2 is 1.72 bits per heavy atom. The molecule has 2 aromatic carbocycles. The third-order valence-corrected chi connectivity index (χ3v) is 5.91. The molecule has 3 aromatic rings. The third-order valence-electron chi connectivity index (χ3n) is 5.02. The van der Waals surface area contributed by atoms with Gasteiger partial charge in [0.15, 0.2) is 0 Å². The first kappa shape index (κ1) is 21.9. The number of amides is 2. The Morgan fingerprint density at radius 1 is 1.03 bits per heavy atom. The molecule has 1 aromatic heterocycles. The van der Waals surface area contributed by atoms with Crippen LogP contribution in [0.3, 0.4) is 0 Å². The highest BCUT2D eigenvalue weighted by Gasteiger charge is 2.36. The maximum Gasteiger partial charge on any atom is 0.416 e. The van der Waals surface area contributed by atoms with Crippen molar-refractivity contribution in [2.75, 3.05) is 11.9 Å². The Morgan fingerprint density at radius 3 is 2.38 bits per heavy atom. The molecule has 0 saturated carbocycles. The topological polar surface area (TPSA) is 75.2 Å². The minimum atomic E-state index is -4.49. The van der Waals surface area contributed by atoms with E-state index < -0.39 is 29.6 Å². The molecule has 166 valence electrons. The van der Waals surface area contributed by atoms with E-state index in [-0.39, 0.29) is 16.5 Å². The maximum atomic E-state index is 13.1. The van der Waals surface area contributed by atoms with Crippen LogP contribution in [0.1, 0.15) is 28.8 Å². The fourth-order valence-corrected chi connectivity index (χ4v) is 4.17. The van der Waals surface area contributed by atoms with Gasteiger partial charge in [-0.1, -0.05) is 11.3 Å². The van der Waals surface area contributed by atoms with E-state index in [1.54, 1.807) is 12.1 Å². The number of anilines is 1. The average molecular weight is 464 g/mol. The highest BCUT2D eigenvalue weighted by atomic mass is 32.1. The van der Waals surface area contributed by atoms with Gasteiger partial charge in [-0.15, -0.1) is 10.2 Å². The third kappa shape index (κ3) is 4.62. The van der Waals surface area contributed by atoms with Crippen molar-refractivity contribution >= 4 is 28.3 Å². The van der Waals surface area contributed by atoms with Crippen molar-refractivity contribution in [1.29, 1.82) is 0 Å². The second-order valence-electron chi connectivity index (χ2n) is 7.14. The van der Waals surface area contributed by atoms with Gasteiger partial charge >= 0.3 is 6.18 Å². The smallest absolute Gasteiger partial charge is 0.327 e. The molecule has 6 nitrogen and oxygen atoms in total. The summed E-state index contributed by atoms with van der Waals surface area (Å²) in [7, 11) is 0. The number of nitrogens with zero attached hydrogens (tertiary/aromatic N) is 3. The molecular weight excluding hydrogens is 448 g/mol. The molecule has 1 N–H and O–H groups in total. The molecule has 0 spiro atoms. The number of hydrogen-bond donors (Lipinski definition) is 1. The minimum absolute atomic E-state index is 0.0761. The summed E-state index contributed by atoms with van der Waals surface area (Å²) < 4.78 is 51.3. The van der Waals surface area contributed by atoms with Gasteiger partial charge in [-0.25, -0.2) is 4.39 Å². The van der Waals surface area contributed by atoms with Gasteiger partial charge in [-0.05, 0) is 61.4 Å². The van der Waals surface area contributed by atoms with Crippen LogP contribution in [-0.4, -0.2) is 39.5 Å². The number of rotatable bonds is 4. The Balaban J connectivity index is 1.44. The van der Waals surface area contributed by atoms with Gasteiger partial charge in [0.25, 0.3) is 5.91 Å². The Bertz CT molecular complexity index is 1130. The summed E-state index contributed by atoms with van der Waals surface area (Å²) in [6.07, 6.45) is -3.49. The van der Waals surface area contributed by atoms with Crippen LogP contribution in [0, 0.1) is 5.82 Å². The minimum Gasteiger partial charge on any atom is -0.327 e. The van der Waals surface area contributed by atoms with Crippen LogP contribution in [0.2, 0.25) is 0 Å². The molecule has 0 aliphatic carbocycles. The van der Waals surface area contributed by atoms with Crippen molar-refractivity contribution in [2.45, 2.75) is 25.1 Å². The van der Waals surface area contributed by atoms with Crippen LogP contribution in [0.5, 0.6) is 0 Å². The molecule has 1 saturated heterocycles. The molecule has 11 heteroatoms. The molecule has 2 amide bonds. The second kappa shape index (κ2) is 8.65. The van der Waals surface area contributed by atoms with Gasteiger partial charge in [0.2, 0.25) is 11.0 Å². The zero-order valence-electron chi connectivity index (χ0n) is 16.4. The predicted octanol–water partition coefficient (Wildman–Crippen LogP) is 4.61. The normalized spacial score (nSPS) is 16.2.